The number of rotatable bonds is 4. The van der Waals surface area contributed by atoms with Gasteiger partial charge >= 0.3 is 0 Å². The van der Waals surface area contributed by atoms with Crippen molar-refractivity contribution in [1.82, 2.24) is 9.29 Å². The second-order valence-electron chi connectivity index (χ2n) is 6.87. The maximum atomic E-state index is 13.3. The molecule has 0 saturated carbocycles. The van der Waals surface area contributed by atoms with Crippen LogP contribution in [-0.2, 0) is 10.0 Å². The Hall–Kier alpha value is -2.64. The van der Waals surface area contributed by atoms with Crippen LogP contribution in [0.2, 0.25) is 0 Å². The molecule has 4 rings (SSSR count). The molecule has 0 spiro atoms. The van der Waals surface area contributed by atoms with Crippen LogP contribution in [-0.4, -0.2) is 51.0 Å². The Kier molecular flexibility index (Phi) is 4.95. The van der Waals surface area contributed by atoms with E-state index in [0.29, 0.717) is 36.5 Å². The van der Waals surface area contributed by atoms with Crippen LogP contribution in [0.3, 0.4) is 0 Å². The monoisotopic (exact) mass is 397 g/mol. The number of piperazine rings is 1. The van der Waals surface area contributed by atoms with Gasteiger partial charge in [-0.3, -0.25) is 4.98 Å². The van der Waals surface area contributed by atoms with Crippen molar-refractivity contribution in [1.29, 1.82) is 0 Å². The third-order valence-corrected chi connectivity index (χ3v) is 7.16. The molecule has 0 aliphatic carbocycles. The lowest BCUT2D eigenvalue weighted by Gasteiger charge is -2.35. The standard InChI is InChI=1S/C21H23N3O3S/c1-16-8-9-20(19-7-4-10-22-21(16)19)28(25,26)24-13-11-23(12-14-24)17-5-3-6-18(15-17)27-2/h3-10,15H,11-14H2,1-2H3. The van der Waals surface area contributed by atoms with Gasteiger partial charge in [0.25, 0.3) is 0 Å². The number of nitrogens with zero attached hydrogens (tertiary/aromatic N) is 3. The fourth-order valence-corrected chi connectivity index (χ4v) is 5.25. The predicted octanol–water partition coefficient (Wildman–Crippen LogP) is 3.06. The molecule has 0 amide bonds. The number of fused-ring (bicyclic) bond motifs is 1. The highest BCUT2D eigenvalue weighted by atomic mass is 32.2. The molecule has 1 fully saturated rings. The van der Waals surface area contributed by atoms with Crippen LogP contribution in [0.4, 0.5) is 5.69 Å². The van der Waals surface area contributed by atoms with E-state index in [2.05, 4.69) is 9.88 Å². The number of hydrogen-bond acceptors (Lipinski definition) is 5. The minimum atomic E-state index is -3.58. The average molecular weight is 398 g/mol. The van der Waals surface area contributed by atoms with Crippen LogP contribution in [0, 0.1) is 6.92 Å². The van der Waals surface area contributed by atoms with Gasteiger partial charge in [0.15, 0.2) is 0 Å². The number of aromatic nitrogens is 1. The largest absolute Gasteiger partial charge is 0.497 e. The minimum absolute atomic E-state index is 0.330. The highest BCUT2D eigenvalue weighted by Gasteiger charge is 2.30. The van der Waals surface area contributed by atoms with Crippen LogP contribution < -0.4 is 9.64 Å². The third kappa shape index (κ3) is 3.31. The fraction of sp³-hybridized carbons (Fsp3) is 0.286. The van der Waals surface area contributed by atoms with E-state index in [4.69, 9.17) is 4.74 Å². The van der Waals surface area contributed by atoms with Crippen molar-refractivity contribution in [3.05, 3.63) is 60.3 Å². The highest BCUT2D eigenvalue weighted by molar-refractivity contribution is 7.89. The second kappa shape index (κ2) is 7.41. The summed E-state index contributed by atoms with van der Waals surface area (Å²) in [6, 6.07) is 15.0. The minimum Gasteiger partial charge on any atom is -0.497 e. The Labute approximate surface area is 165 Å². The summed E-state index contributed by atoms with van der Waals surface area (Å²) < 4.78 is 33.5. The van der Waals surface area contributed by atoms with Crippen molar-refractivity contribution >= 4 is 26.6 Å². The number of sulfonamides is 1. The molecule has 0 atom stereocenters. The number of aryl methyl sites for hydroxylation is 1. The predicted molar refractivity (Wildman–Crippen MR) is 110 cm³/mol. The van der Waals surface area contributed by atoms with Crippen LogP contribution in [0.15, 0.2) is 59.6 Å². The Morgan fingerprint density at radius 2 is 1.79 bits per heavy atom. The van der Waals surface area contributed by atoms with Gasteiger partial charge in [-0.25, -0.2) is 8.42 Å². The van der Waals surface area contributed by atoms with Gasteiger partial charge in [0.1, 0.15) is 5.75 Å². The molecule has 0 radical (unpaired) electrons. The number of hydrogen-bond donors (Lipinski definition) is 0. The summed E-state index contributed by atoms with van der Waals surface area (Å²) in [5.74, 6) is 0.797. The Morgan fingerprint density at radius 1 is 1.00 bits per heavy atom. The SMILES string of the molecule is COc1cccc(N2CCN(S(=O)(=O)c3ccc(C)c4ncccc34)CC2)c1. The van der Waals surface area contributed by atoms with E-state index in [9.17, 15) is 8.42 Å². The summed E-state index contributed by atoms with van der Waals surface area (Å²) >= 11 is 0. The first kappa shape index (κ1) is 18.7. The van der Waals surface area contributed by atoms with E-state index >= 15 is 0 Å². The molecule has 0 bridgehead atoms. The molecule has 146 valence electrons. The van der Waals surface area contributed by atoms with E-state index in [-0.39, 0.29) is 0 Å². The first-order valence-corrected chi connectivity index (χ1v) is 10.7. The van der Waals surface area contributed by atoms with Crippen LogP contribution in [0.5, 0.6) is 5.75 Å². The topological polar surface area (TPSA) is 62.7 Å². The molecule has 6 nitrogen and oxygen atoms in total. The average Bonchev–Trinajstić information content (AvgIpc) is 2.74. The number of anilines is 1. The highest BCUT2D eigenvalue weighted by Crippen LogP contribution is 2.28. The normalized spacial score (nSPS) is 15.7. The first-order chi connectivity index (χ1) is 13.5. The van der Waals surface area contributed by atoms with Crippen molar-refractivity contribution in [2.45, 2.75) is 11.8 Å². The Morgan fingerprint density at radius 3 is 2.54 bits per heavy atom. The van der Waals surface area contributed by atoms with Gasteiger partial charge in [-0.15, -0.1) is 0 Å². The van der Waals surface area contributed by atoms with Gasteiger partial charge in [0, 0.05) is 49.5 Å². The van der Waals surface area contributed by atoms with Crippen LogP contribution in [0.1, 0.15) is 5.56 Å². The second-order valence-corrected chi connectivity index (χ2v) is 8.78. The smallest absolute Gasteiger partial charge is 0.243 e. The molecule has 0 N–H and O–H groups in total. The maximum Gasteiger partial charge on any atom is 0.243 e. The lowest BCUT2D eigenvalue weighted by Crippen LogP contribution is -2.48. The quantitative estimate of drug-likeness (QED) is 0.677. The van der Waals surface area contributed by atoms with Crippen molar-refractivity contribution in [2.75, 3.05) is 38.2 Å². The number of methoxy groups -OCH3 is 1. The van der Waals surface area contributed by atoms with Crippen molar-refractivity contribution in [3.63, 3.8) is 0 Å². The molecule has 2 aromatic carbocycles. The third-order valence-electron chi connectivity index (χ3n) is 5.21. The Bertz CT molecular complexity index is 1110. The zero-order valence-corrected chi connectivity index (χ0v) is 16.8. The van der Waals surface area contributed by atoms with Crippen molar-refractivity contribution in [3.8, 4) is 5.75 Å². The van der Waals surface area contributed by atoms with Crippen molar-refractivity contribution in [2.24, 2.45) is 0 Å². The van der Waals surface area contributed by atoms with E-state index in [1.807, 2.05) is 43.3 Å². The van der Waals surface area contributed by atoms with Gasteiger partial charge in [0.05, 0.1) is 17.5 Å². The summed E-state index contributed by atoms with van der Waals surface area (Å²) in [5, 5.41) is 0.678. The number of benzene rings is 2. The van der Waals surface area contributed by atoms with E-state index < -0.39 is 10.0 Å². The molecular weight excluding hydrogens is 374 g/mol. The molecule has 1 aliphatic heterocycles. The van der Waals surface area contributed by atoms with Crippen molar-refractivity contribution < 1.29 is 13.2 Å². The van der Waals surface area contributed by atoms with Gasteiger partial charge in [-0.05, 0) is 42.8 Å². The van der Waals surface area contributed by atoms with Crippen LogP contribution in [0.25, 0.3) is 10.9 Å². The zero-order valence-electron chi connectivity index (χ0n) is 16.0. The van der Waals surface area contributed by atoms with E-state index in [1.165, 1.54) is 0 Å². The lowest BCUT2D eigenvalue weighted by atomic mass is 10.1. The van der Waals surface area contributed by atoms with Gasteiger partial charge in [-0.2, -0.15) is 4.31 Å². The number of pyridine rings is 1. The van der Waals surface area contributed by atoms with Crippen LogP contribution >= 0.6 is 0 Å². The fourth-order valence-electron chi connectivity index (χ4n) is 3.65. The molecule has 28 heavy (non-hydrogen) atoms. The zero-order chi connectivity index (χ0) is 19.7. The van der Waals surface area contributed by atoms with Gasteiger partial charge in [-0.1, -0.05) is 12.1 Å². The molecule has 2 heterocycles. The molecule has 7 heteroatoms. The Balaban J connectivity index is 1.58. The maximum absolute atomic E-state index is 13.3. The molecule has 3 aromatic rings. The number of ether oxygens (including phenoxy) is 1. The molecular formula is C21H23N3O3S. The summed E-state index contributed by atoms with van der Waals surface area (Å²) in [4.78, 5) is 6.88. The van der Waals surface area contributed by atoms with Gasteiger partial charge in [0.2, 0.25) is 10.0 Å². The molecule has 0 unspecified atom stereocenters. The van der Waals surface area contributed by atoms with Gasteiger partial charge < -0.3 is 9.64 Å². The van der Waals surface area contributed by atoms with E-state index in [1.54, 1.807) is 29.7 Å². The summed E-state index contributed by atoms with van der Waals surface area (Å²) in [7, 11) is -1.94. The lowest BCUT2D eigenvalue weighted by molar-refractivity contribution is 0.384. The first-order valence-electron chi connectivity index (χ1n) is 9.24. The molecule has 1 aromatic heterocycles. The summed E-state index contributed by atoms with van der Waals surface area (Å²) in [5.41, 5.74) is 2.75. The molecule has 1 saturated heterocycles. The molecule has 1 aliphatic rings. The summed E-state index contributed by atoms with van der Waals surface area (Å²) in [6.45, 7) is 4.09. The van der Waals surface area contributed by atoms with E-state index in [0.717, 1.165) is 22.5 Å². The summed E-state index contributed by atoms with van der Waals surface area (Å²) in [6.07, 6.45) is 1.69.